The minimum absolute atomic E-state index is 0.00546. The molecule has 168 valence electrons. The van der Waals surface area contributed by atoms with Gasteiger partial charge in [0.15, 0.2) is 0 Å². The summed E-state index contributed by atoms with van der Waals surface area (Å²) >= 11 is 12.0. The molecule has 2 fully saturated rings. The number of anilines is 2. The summed E-state index contributed by atoms with van der Waals surface area (Å²) in [5.41, 5.74) is 2.09. The van der Waals surface area contributed by atoms with Crippen LogP contribution < -0.4 is 15.5 Å². The van der Waals surface area contributed by atoms with Crippen LogP contribution in [-0.2, 0) is 9.59 Å². The Hall–Kier alpha value is -2.77. The molecule has 1 unspecified atom stereocenters. The van der Waals surface area contributed by atoms with Crippen LogP contribution in [-0.4, -0.2) is 55.3 Å². The number of nitrogens with one attached hydrogen (secondary N) is 2. The zero-order valence-electron chi connectivity index (χ0n) is 17.4. The molecule has 2 saturated heterocycles. The van der Waals surface area contributed by atoms with Gasteiger partial charge in [-0.15, -0.1) is 0 Å². The molecule has 0 aliphatic carbocycles. The molecular formula is C23H24Cl2N4O3. The molecule has 0 saturated carbocycles. The average Bonchev–Trinajstić information content (AvgIpc) is 2.81. The Morgan fingerprint density at radius 1 is 1.03 bits per heavy atom. The number of benzene rings is 2. The highest BCUT2D eigenvalue weighted by Crippen LogP contribution is 2.26. The van der Waals surface area contributed by atoms with Gasteiger partial charge in [-0.05, 0) is 55.3 Å². The van der Waals surface area contributed by atoms with Crippen molar-refractivity contribution in [3.8, 4) is 0 Å². The standard InChI is InChI=1S/C23H24Cl2N4O3/c24-19-8-3-15(12-20(19)25)23(32)29-10-1-2-16(13-29)22(31)27-17-4-6-18(7-5-17)28-11-9-26-21(30)14-28/h3-8,12,16H,1-2,9-11,13-14H2,(H,26,30)(H,27,31). The first-order valence-corrected chi connectivity index (χ1v) is 11.3. The molecule has 2 aromatic rings. The highest BCUT2D eigenvalue weighted by Gasteiger charge is 2.29. The van der Waals surface area contributed by atoms with Gasteiger partial charge in [0.05, 0.1) is 22.5 Å². The zero-order chi connectivity index (χ0) is 22.7. The molecule has 0 bridgehead atoms. The quantitative estimate of drug-likeness (QED) is 0.710. The van der Waals surface area contributed by atoms with Crippen molar-refractivity contribution in [2.45, 2.75) is 12.8 Å². The molecule has 32 heavy (non-hydrogen) atoms. The summed E-state index contributed by atoms with van der Waals surface area (Å²) in [5.74, 6) is -0.551. The van der Waals surface area contributed by atoms with Gasteiger partial charge in [-0.25, -0.2) is 0 Å². The van der Waals surface area contributed by atoms with Gasteiger partial charge in [0.25, 0.3) is 5.91 Å². The predicted octanol–water partition coefficient (Wildman–Crippen LogP) is 3.42. The Balaban J connectivity index is 1.36. The van der Waals surface area contributed by atoms with Crippen molar-refractivity contribution < 1.29 is 14.4 Å². The molecule has 7 nitrogen and oxygen atoms in total. The fourth-order valence-corrected chi connectivity index (χ4v) is 4.34. The molecule has 9 heteroatoms. The Kier molecular flexibility index (Phi) is 6.86. The van der Waals surface area contributed by atoms with Crippen molar-refractivity contribution in [1.29, 1.82) is 0 Å². The summed E-state index contributed by atoms with van der Waals surface area (Å²) in [6.07, 6.45) is 1.47. The fourth-order valence-electron chi connectivity index (χ4n) is 4.05. The van der Waals surface area contributed by atoms with Gasteiger partial charge in [0.1, 0.15) is 0 Å². The van der Waals surface area contributed by atoms with Gasteiger partial charge in [-0.2, -0.15) is 0 Å². The summed E-state index contributed by atoms with van der Waals surface area (Å²) in [6, 6.07) is 12.3. The van der Waals surface area contributed by atoms with Gasteiger partial charge in [0.2, 0.25) is 11.8 Å². The molecular weight excluding hydrogens is 451 g/mol. The predicted molar refractivity (Wildman–Crippen MR) is 125 cm³/mol. The molecule has 1 atom stereocenters. The van der Waals surface area contributed by atoms with E-state index in [4.69, 9.17) is 23.2 Å². The lowest BCUT2D eigenvalue weighted by Crippen LogP contribution is -2.47. The van der Waals surface area contributed by atoms with Gasteiger partial charge in [-0.1, -0.05) is 23.2 Å². The van der Waals surface area contributed by atoms with Gasteiger partial charge >= 0.3 is 0 Å². The molecule has 2 aliphatic rings. The summed E-state index contributed by atoms with van der Waals surface area (Å²) in [7, 11) is 0. The molecule has 2 heterocycles. The van der Waals surface area contributed by atoms with Crippen LogP contribution in [0.25, 0.3) is 0 Å². The monoisotopic (exact) mass is 474 g/mol. The van der Waals surface area contributed by atoms with Crippen molar-refractivity contribution in [3.63, 3.8) is 0 Å². The number of hydrogen-bond donors (Lipinski definition) is 2. The van der Waals surface area contributed by atoms with E-state index in [1.54, 1.807) is 23.1 Å². The van der Waals surface area contributed by atoms with Crippen molar-refractivity contribution in [1.82, 2.24) is 10.2 Å². The Bertz CT molecular complexity index is 1030. The van der Waals surface area contributed by atoms with Crippen LogP contribution in [0.5, 0.6) is 0 Å². The number of hydrogen-bond acceptors (Lipinski definition) is 4. The van der Waals surface area contributed by atoms with E-state index in [1.807, 2.05) is 29.2 Å². The third-order valence-corrected chi connectivity index (χ3v) is 6.52. The Morgan fingerprint density at radius 3 is 2.53 bits per heavy atom. The van der Waals surface area contributed by atoms with Crippen LogP contribution in [0.2, 0.25) is 10.0 Å². The minimum Gasteiger partial charge on any atom is -0.360 e. The van der Waals surface area contributed by atoms with E-state index in [0.29, 0.717) is 47.5 Å². The zero-order valence-corrected chi connectivity index (χ0v) is 19.0. The van der Waals surface area contributed by atoms with E-state index in [9.17, 15) is 14.4 Å². The third-order valence-electron chi connectivity index (χ3n) is 5.78. The first kappa shape index (κ1) is 22.4. The number of halogens is 2. The molecule has 2 aromatic carbocycles. The SMILES string of the molecule is O=C1CN(c2ccc(NC(=O)C3CCCN(C(=O)c4ccc(Cl)c(Cl)c4)C3)cc2)CCN1. The molecule has 0 radical (unpaired) electrons. The first-order chi connectivity index (χ1) is 15.4. The van der Waals surface area contributed by atoms with E-state index in [1.165, 1.54) is 0 Å². The average molecular weight is 475 g/mol. The maximum absolute atomic E-state index is 12.9. The molecule has 0 aromatic heterocycles. The second kappa shape index (κ2) is 9.79. The van der Waals surface area contributed by atoms with Crippen LogP contribution in [0.1, 0.15) is 23.2 Å². The van der Waals surface area contributed by atoms with E-state index in [2.05, 4.69) is 10.6 Å². The molecule has 2 aliphatic heterocycles. The topological polar surface area (TPSA) is 81.8 Å². The number of carbonyl (C=O) groups excluding carboxylic acids is 3. The van der Waals surface area contributed by atoms with E-state index in [0.717, 1.165) is 25.1 Å². The number of piperazine rings is 1. The summed E-state index contributed by atoms with van der Waals surface area (Å²) in [6.45, 7) is 2.65. The normalized spacial score (nSPS) is 18.8. The second-order valence-electron chi connectivity index (χ2n) is 8.03. The summed E-state index contributed by atoms with van der Waals surface area (Å²) in [5, 5.41) is 6.49. The summed E-state index contributed by atoms with van der Waals surface area (Å²) in [4.78, 5) is 41.0. The fraction of sp³-hybridized carbons (Fsp3) is 0.348. The number of rotatable bonds is 4. The Morgan fingerprint density at radius 2 is 1.81 bits per heavy atom. The highest BCUT2D eigenvalue weighted by molar-refractivity contribution is 6.42. The van der Waals surface area contributed by atoms with Gasteiger partial charge in [-0.3, -0.25) is 14.4 Å². The molecule has 4 rings (SSSR count). The van der Waals surface area contributed by atoms with Crippen LogP contribution >= 0.6 is 23.2 Å². The maximum atomic E-state index is 12.9. The maximum Gasteiger partial charge on any atom is 0.253 e. The lowest BCUT2D eigenvalue weighted by molar-refractivity contribution is -0.121. The van der Waals surface area contributed by atoms with E-state index in [-0.39, 0.29) is 23.6 Å². The van der Waals surface area contributed by atoms with Crippen molar-refractivity contribution >= 4 is 52.3 Å². The van der Waals surface area contributed by atoms with Crippen LogP contribution in [0.4, 0.5) is 11.4 Å². The molecule has 0 spiro atoms. The first-order valence-electron chi connectivity index (χ1n) is 10.6. The van der Waals surface area contributed by atoms with Crippen LogP contribution in [0, 0.1) is 5.92 Å². The minimum atomic E-state index is -0.291. The Labute approximate surface area is 196 Å². The highest BCUT2D eigenvalue weighted by atomic mass is 35.5. The van der Waals surface area contributed by atoms with Crippen LogP contribution in [0.3, 0.4) is 0 Å². The van der Waals surface area contributed by atoms with Gasteiger partial charge in [0, 0.05) is 43.1 Å². The van der Waals surface area contributed by atoms with E-state index < -0.39 is 0 Å². The third kappa shape index (κ3) is 5.16. The largest absolute Gasteiger partial charge is 0.360 e. The van der Waals surface area contributed by atoms with Gasteiger partial charge < -0.3 is 20.4 Å². The number of likely N-dealkylation sites (tertiary alicyclic amines) is 1. The number of nitrogens with zero attached hydrogens (tertiary/aromatic N) is 2. The lowest BCUT2D eigenvalue weighted by atomic mass is 9.96. The molecule has 3 amide bonds. The number of amides is 3. The summed E-state index contributed by atoms with van der Waals surface area (Å²) < 4.78 is 0. The van der Waals surface area contributed by atoms with E-state index >= 15 is 0 Å². The van der Waals surface area contributed by atoms with Crippen LogP contribution in [0.15, 0.2) is 42.5 Å². The smallest absolute Gasteiger partial charge is 0.253 e. The van der Waals surface area contributed by atoms with Crippen molar-refractivity contribution in [2.24, 2.45) is 5.92 Å². The number of carbonyl (C=O) groups is 3. The molecule has 2 N–H and O–H groups in total. The van der Waals surface area contributed by atoms with Crippen molar-refractivity contribution in [3.05, 3.63) is 58.1 Å². The number of piperidine rings is 1. The lowest BCUT2D eigenvalue weighted by Gasteiger charge is -2.32. The second-order valence-corrected chi connectivity index (χ2v) is 8.84. The van der Waals surface area contributed by atoms with Crippen molar-refractivity contribution in [2.75, 3.05) is 42.9 Å².